The van der Waals surface area contributed by atoms with Crippen LogP contribution in [0.5, 0.6) is 5.75 Å². The Kier molecular flexibility index (Phi) is 4.81. The van der Waals surface area contributed by atoms with Crippen molar-refractivity contribution in [2.75, 3.05) is 6.61 Å². The number of ether oxygens (including phenoxy) is 1. The molecule has 0 saturated heterocycles. The molecule has 0 aliphatic rings. The fourth-order valence-corrected chi connectivity index (χ4v) is 2.03. The highest BCUT2D eigenvalue weighted by molar-refractivity contribution is 5.77. The standard InChI is InChI=1S/C17H15FN4O2/c18-14-3-1-2-4-15(14)24-11-17(23)21-10-13-5-6-16(20-9-13)22-8-7-19-12-22/h1-9,12H,10-11H2,(H,21,23). The molecular formula is C17H15FN4O2. The number of hydrogen-bond donors (Lipinski definition) is 1. The lowest BCUT2D eigenvalue weighted by Crippen LogP contribution is -2.28. The van der Waals surface area contributed by atoms with Crippen LogP contribution in [-0.2, 0) is 11.3 Å². The molecule has 0 bridgehead atoms. The average Bonchev–Trinajstić information content (AvgIpc) is 3.14. The number of halogens is 1. The van der Waals surface area contributed by atoms with Gasteiger partial charge in [0.2, 0.25) is 0 Å². The zero-order valence-corrected chi connectivity index (χ0v) is 12.7. The van der Waals surface area contributed by atoms with Crippen molar-refractivity contribution in [2.45, 2.75) is 6.54 Å². The number of imidazole rings is 1. The largest absolute Gasteiger partial charge is 0.481 e. The second-order valence-corrected chi connectivity index (χ2v) is 4.99. The van der Waals surface area contributed by atoms with Gasteiger partial charge in [-0.3, -0.25) is 9.36 Å². The van der Waals surface area contributed by atoms with E-state index in [-0.39, 0.29) is 18.3 Å². The lowest BCUT2D eigenvalue weighted by molar-refractivity contribution is -0.123. The number of hydrogen-bond acceptors (Lipinski definition) is 4. The summed E-state index contributed by atoms with van der Waals surface area (Å²) < 4.78 is 20.3. The molecule has 1 N–H and O–H groups in total. The topological polar surface area (TPSA) is 69.0 Å². The van der Waals surface area contributed by atoms with Gasteiger partial charge in [0.15, 0.2) is 18.2 Å². The summed E-state index contributed by atoms with van der Waals surface area (Å²) in [6.07, 6.45) is 6.80. The Balaban J connectivity index is 1.48. The van der Waals surface area contributed by atoms with Gasteiger partial charge in [-0.1, -0.05) is 18.2 Å². The smallest absolute Gasteiger partial charge is 0.258 e. The van der Waals surface area contributed by atoms with Crippen molar-refractivity contribution < 1.29 is 13.9 Å². The summed E-state index contributed by atoms with van der Waals surface area (Å²) in [5, 5.41) is 2.70. The maximum atomic E-state index is 13.4. The zero-order chi connectivity index (χ0) is 16.8. The molecule has 7 heteroatoms. The van der Waals surface area contributed by atoms with Crippen molar-refractivity contribution in [1.29, 1.82) is 0 Å². The van der Waals surface area contributed by atoms with E-state index in [1.807, 2.05) is 12.1 Å². The van der Waals surface area contributed by atoms with Crippen molar-refractivity contribution in [3.8, 4) is 11.6 Å². The lowest BCUT2D eigenvalue weighted by atomic mass is 10.3. The molecule has 0 saturated carbocycles. The minimum atomic E-state index is -0.496. The first-order chi connectivity index (χ1) is 11.7. The molecule has 2 heterocycles. The summed E-state index contributed by atoms with van der Waals surface area (Å²) in [6.45, 7) is 0.0676. The number of rotatable bonds is 6. The maximum absolute atomic E-state index is 13.4. The Labute approximate surface area is 137 Å². The van der Waals surface area contributed by atoms with Gasteiger partial charge in [0.1, 0.15) is 12.1 Å². The molecule has 0 spiro atoms. The summed E-state index contributed by atoms with van der Waals surface area (Å²) in [6, 6.07) is 9.65. The van der Waals surface area contributed by atoms with Crippen molar-refractivity contribution in [2.24, 2.45) is 0 Å². The first-order valence-corrected chi connectivity index (χ1v) is 7.29. The third-order valence-corrected chi connectivity index (χ3v) is 3.26. The van der Waals surface area contributed by atoms with Gasteiger partial charge in [0.25, 0.3) is 5.91 Å². The van der Waals surface area contributed by atoms with Crippen LogP contribution in [-0.4, -0.2) is 27.0 Å². The molecule has 24 heavy (non-hydrogen) atoms. The van der Waals surface area contributed by atoms with Crippen LogP contribution in [0, 0.1) is 5.82 Å². The third kappa shape index (κ3) is 3.95. The molecule has 0 fully saturated rings. The summed E-state index contributed by atoms with van der Waals surface area (Å²) in [5.41, 5.74) is 0.845. The summed E-state index contributed by atoms with van der Waals surface area (Å²) >= 11 is 0. The SMILES string of the molecule is O=C(COc1ccccc1F)NCc1ccc(-n2ccnc2)nc1. The summed E-state index contributed by atoms with van der Waals surface area (Å²) in [4.78, 5) is 20.0. The number of carbonyl (C=O) groups excluding carboxylic acids is 1. The number of pyridine rings is 1. The van der Waals surface area contributed by atoms with E-state index in [9.17, 15) is 9.18 Å². The van der Waals surface area contributed by atoms with Crippen LogP contribution in [0.4, 0.5) is 4.39 Å². The van der Waals surface area contributed by atoms with E-state index in [0.717, 1.165) is 11.4 Å². The zero-order valence-electron chi connectivity index (χ0n) is 12.7. The number of nitrogens with one attached hydrogen (secondary N) is 1. The van der Waals surface area contributed by atoms with Gasteiger partial charge in [-0.25, -0.2) is 14.4 Å². The second kappa shape index (κ2) is 7.36. The van der Waals surface area contributed by atoms with Crippen molar-refractivity contribution >= 4 is 5.91 Å². The number of aromatic nitrogens is 3. The fourth-order valence-electron chi connectivity index (χ4n) is 2.03. The number of nitrogens with zero attached hydrogens (tertiary/aromatic N) is 3. The fraction of sp³-hybridized carbons (Fsp3) is 0.118. The van der Waals surface area contributed by atoms with Crippen LogP contribution in [0.25, 0.3) is 5.82 Å². The number of benzene rings is 1. The molecule has 3 rings (SSSR count). The molecule has 0 aliphatic carbocycles. The predicted molar refractivity (Wildman–Crippen MR) is 85.1 cm³/mol. The first-order valence-electron chi connectivity index (χ1n) is 7.29. The van der Waals surface area contributed by atoms with Gasteiger partial charge in [-0.15, -0.1) is 0 Å². The monoisotopic (exact) mass is 326 g/mol. The highest BCUT2D eigenvalue weighted by Gasteiger charge is 2.06. The summed E-state index contributed by atoms with van der Waals surface area (Å²) in [5.74, 6) is -0.0361. The predicted octanol–water partition coefficient (Wildman–Crippen LogP) is 2.10. The molecule has 1 amide bonds. The first kappa shape index (κ1) is 15.7. The molecule has 0 unspecified atom stereocenters. The van der Waals surface area contributed by atoms with Crippen LogP contribution < -0.4 is 10.1 Å². The van der Waals surface area contributed by atoms with Crippen LogP contribution in [0.3, 0.4) is 0 Å². The van der Waals surface area contributed by atoms with Gasteiger partial charge in [0.05, 0.1) is 0 Å². The Hall–Kier alpha value is -3.22. The minimum absolute atomic E-state index is 0.0546. The van der Waals surface area contributed by atoms with Crippen molar-refractivity contribution in [3.63, 3.8) is 0 Å². The molecule has 2 aromatic heterocycles. The maximum Gasteiger partial charge on any atom is 0.258 e. The third-order valence-electron chi connectivity index (χ3n) is 3.26. The highest BCUT2D eigenvalue weighted by atomic mass is 19.1. The van der Waals surface area contributed by atoms with Crippen molar-refractivity contribution in [3.05, 3.63) is 72.7 Å². The van der Waals surface area contributed by atoms with Crippen LogP contribution >= 0.6 is 0 Å². The van der Waals surface area contributed by atoms with E-state index in [1.54, 1.807) is 41.6 Å². The minimum Gasteiger partial charge on any atom is -0.481 e. The lowest BCUT2D eigenvalue weighted by Gasteiger charge is -2.08. The highest BCUT2D eigenvalue weighted by Crippen LogP contribution is 2.14. The summed E-state index contributed by atoms with van der Waals surface area (Å²) in [7, 11) is 0. The molecule has 1 aromatic carbocycles. The van der Waals surface area contributed by atoms with E-state index in [4.69, 9.17) is 4.74 Å². The van der Waals surface area contributed by atoms with Crippen LogP contribution in [0.15, 0.2) is 61.3 Å². The van der Waals surface area contributed by atoms with Gasteiger partial charge in [-0.05, 0) is 23.8 Å². The van der Waals surface area contributed by atoms with E-state index in [2.05, 4.69) is 15.3 Å². The van der Waals surface area contributed by atoms with E-state index in [0.29, 0.717) is 6.54 Å². The van der Waals surface area contributed by atoms with Crippen LogP contribution in [0.1, 0.15) is 5.56 Å². The number of para-hydroxylation sites is 1. The molecule has 122 valence electrons. The molecule has 6 nitrogen and oxygen atoms in total. The molecular weight excluding hydrogens is 311 g/mol. The van der Waals surface area contributed by atoms with E-state index < -0.39 is 5.82 Å². The Morgan fingerprint density at radius 1 is 1.25 bits per heavy atom. The molecule has 0 radical (unpaired) electrons. The Morgan fingerprint density at radius 3 is 2.83 bits per heavy atom. The van der Waals surface area contributed by atoms with E-state index >= 15 is 0 Å². The van der Waals surface area contributed by atoms with E-state index in [1.165, 1.54) is 12.1 Å². The van der Waals surface area contributed by atoms with Gasteiger partial charge >= 0.3 is 0 Å². The Morgan fingerprint density at radius 2 is 2.12 bits per heavy atom. The molecule has 0 atom stereocenters. The molecule has 3 aromatic rings. The normalized spacial score (nSPS) is 10.4. The second-order valence-electron chi connectivity index (χ2n) is 4.99. The quantitative estimate of drug-likeness (QED) is 0.753. The van der Waals surface area contributed by atoms with Gasteiger partial charge < -0.3 is 10.1 Å². The number of amides is 1. The van der Waals surface area contributed by atoms with Crippen LogP contribution in [0.2, 0.25) is 0 Å². The Bertz CT molecular complexity index is 804. The van der Waals surface area contributed by atoms with Crippen molar-refractivity contribution in [1.82, 2.24) is 19.9 Å². The average molecular weight is 326 g/mol. The van der Waals surface area contributed by atoms with Gasteiger partial charge in [0, 0.05) is 25.1 Å². The number of carbonyl (C=O) groups is 1. The molecule has 0 aliphatic heterocycles. The van der Waals surface area contributed by atoms with Gasteiger partial charge in [-0.2, -0.15) is 0 Å².